The van der Waals surface area contributed by atoms with Gasteiger partial charge < -0.3 is 5.73 Å². The number of aromatic nitrogens is 3. The lowest BCUT2D eigenvalue weighted by atomic mass is 10.3. The second-order valence-corrected chi connectivity index (χ2v) is 3.59. The van der Waals surface area contributed by atoms with E-state index in [0.717, 1.165) is 17.1 Å². The highest BCUT2D eigenvalue weighted by Gasteiger charge is 2.07. The zero-order valence-corrected chi connectivity index (χ0v) is 9.07. The van der Waals surface area contributed by atoms with Crippen LogP contribution in [0.5, 0.6) is 0 Å². The van der Waals surface area contributed by atoms with Crippen LogP contribution in [0, 0.1) is 6.92 Å². The Morgan fingerprint density at radius 2 is 2.33 bits per heavy atom. The van der Waals surface area contributed by atoms with Gasteiger partial charge in [-0.2, -0.15) is 5.10 Å². The van der Waals surface area contributed by atoms with Gasteiger partial charge in [-0.25, -0.2) is 4.68 Å². The number of nitrogens with zero attached hydrogens (tertiary/aromatic N) is 3. The monoisotopic (exact) mass is 222 g/mol. The second kappa shape index (κ2) is 4.00. The molecular formula is C10H11ClN4. The molecule has 0 spiro atoms. The molecule has 4 nitrogen and oxygen atoms in total. The van der Waals surface area contributed by atoms with E-state index in [1.807, 2.05) is 19.1 Å². The highest BCUT2D eigenvalue weighted by molar-refractivity contribution is 6.31. The van der Waals surface area contributed by atoms with E-state index >= 15 is 0 Å². The molecule has 0 atom stereocenters. The summed E-state index contributed by atoms with van der Waals surface area (Å²) in [5.74, 6) is 0. The summed E-state index contributed by atoms with van der Waals surface area (Å²) in [5.41, 5.74) is 8.06. The van der Waals surface area contributed by atoms with Crippen LogP contribution < -0.4 is 5.73 Å². The number of hydrogen-bond donors (Lipinski definition) is 1. The van der Waals surface area contributed by atoms with Gasteiger partial charge in [0.15, 0.2) is 0 Å². The number of aryl methyl sites for hydroxylation is 1. The van der Waals surface area contributed by atoms with E-state index in [4.69, 9.17) is 17.3 Å². The number of nitrogens with two attached hydrogens (primary N) is 1. The quantitative estimate of drug-likeness (QED) is 0.841. The molecule has 0 radical (unpaired) electrons. The molecule has 0 amide bonds. The standard InChI is InChI=1S/C10H11ClN4/c1-7-8(11)6-15(14-7)10-3-2-4-13-9(10)5-12/h2-4,6H,5,12H2,1H3. The van der Waals surface area contributed by atoms with Gasteiger partial charge in [-0.15, -0.1) is 0 Å². The molecule has 5 heteroatoms. The Hall–Kier alpha value is -1.39. The summed E-state index contributed by atoms with van der Waals surface area (Å²) in [4.78, 5) is 4.18. The average molecular weight is 223 g/mol. The van der Waals surface area contributed by atoms with Crippen molar-refractivity contribution >= 4 is 11.6 Å². The third-order valence-electron chi connectivity index (χ3n) is 2.15. The first-order valence-electron chi connectivity index (χ1n) is 4.58. The van der Waals surface area contributed by atoms with E-state index in [1.54, 1.807) is 17.1 Å². The van der Waals surface area contributed by atoms with Gasteiger partial charge in [0.05, 0.1) is 22.1 Å². The summed E-state index contributed by atoms with van der Waals surface area (Å²) in [6.07, 6.45) is 3.47. The Labute approximate surface area is 92.7 Å². The first kappa shape index (κ1) is 10.1. The lowest BCUT2D eigenvalue weighted by Crippen LogP contribution is -2.07. The van der Waals surface area contributed by atoms with Crippen molar-refractivity contribution in [3.05, 3.63) is 40.9 Å². The molecule has 0 aliphatic rings. The number of hydrogen-bond acceptors (Lipinski definition) is 3. The van der Waals surface area contributed by atoms with Crippen molar-refractivity contribution in [2.45, 2.75) is 13.5 Å². The first-order chi connectivity index (χ1) is 7.22. The normalized spacial score (nSPS) is 10.6. The molecule has 2 N–H and O–H groups in total. The molecule has 0 aliphatic heterocycles. The topological polar surface area (TPSA) is 56.7 Å². The number of pyridine rings is 1. The Kier molecular flexibility index (Phi) is 2.70. The van der Waals surface area contributed by atoms with Crippen molar-refractivity contribution in [2.24, 2.45) is 5.73 Å². The smallest absolute Gasteiger partial charge is 0.0874 e. The minimum absolute atomic E-state index is 0.382. The highest BCUT2D eigenvalue weighted by atomic mass is 35.5. The molecular weight excluding hydrogens is 212 g/mol. The SMILES string of the molecule is Cc1nn(-c2cccnc2CN)cc1Cl. The predicted octanol–water partition coefficient (Wildman–Crippen LogP) is 1.69. The van der Waals surface area contributed by atoms with Crippen LogP contribution in [-0.4, -0.2) is 14.8 Å². The second-order valence-electron chi connectivity index (χ2n) is 3.18. The zero-order valence-electron chi connectivity index (χ0n) is 8.31. The largest absolute Gasteiger partial charge is 0.325 e. The van der Waals surface area contributed by atoms with Crippen LogP contribution in [0.1, 0.15) is 11.4 Å². The molecule has 0 saturated carbocycles. The predicted molar refractivity (Wildman–Crippen MR) is 59.0 cm³/mol. The molecule has 0 fully saturated rings. The van der Waals surface area contributed by atoms with E-state index in [2.05, 4.69) is 10.1 Å². The molecule has 2 aromatic heterocycles. The van der Waals surface area contributed by atoms with Crippen molar-refractivity contribution in [1.29, 1.82) is 0 Å². The molecule has 0 bridgehead atoms. The number of halogens is 1. The fraction of sp³-hybridized carbons (Fsp3) is 0.200. The van der Waals surface area contributed by atoms with E-state index in [9.17, 15) is 0 Å². The Bertz CT molecular complexity index is 459. The van der Waals surface area contributed by atoms with E-state index in [0.29, 0.717) is 11.6 Å². The summed E-state index contributed by atoms with van der Waals surface area (Å²) in [6.45, 7) is 2.24. The number of rotatable bonds is 2. The van der Waals surface area contributed by atoms with Gasteiger partial charge in [-0.3, -0.25) is 4.98 Å². The van der Waals surface area contributed by atoms with Crippen LogP contribution in [0.4, 0.5) is 0 Å². The summed E-state index contributed by atoms with van der Waals surface area (Å²) >= 11 is 5.94. The molecule has 15 heavy (non-hydrogen) atoms. The summed E-state index contributed by atoms with van der Waals surface area (Å²) in [6, 6.07) is 3.76. The van der Waals surface area contributed by atoms with Crippen LogP contribution in [0.15, 0.2) is 24.5 Å². The van der Waals surface area contributed by atoms with Crippen molar-refractivity contribution in [3.63, 3.8) is 0 Å². The average Bonchev–Trinajstić information content (AvgIpc) is 2.59. The van der Waals surface area contributed by atoms with Gasteiger partial charge >= 0.3 is 0 Å². The molecule has 0 aliphatic carbocycles. The lowest BCUT2D eigenvalue weighted by Gasteiger charge is -2.05. The van der Waals surface area contributed by atoms with Gasteiger partial charge in [0.25, 0.3) is 0 Å². The maximum absolute atomic E-state index is 5.94. The van der Waals surface area contributed by atoms with Gasteiger partial charge in [0.2, 0.25) is 0 Å². The molecule has 2 heterocycles. The molecule has 2 rings (SSSR count). The van der Waals surface area contributed by atoms with Crippen LogP contribution in [0.3, 0.4) is 0 Å². The maximum Gasteiger partial charge on any atom is 0.0874 e. The molecule has 2 aromatic rings. The first-order valence-corrected chi connectivity index (χ1v) is 4.96. The van der Waals surface area contributed by atoms with Gasteiger partial charge in [0.1, 0.15) is 0 Å². The molecule has 78 valence electrons. The van der Waals surface area contributed by atoms with Crippen LogP contribution in [0.2, 0.25) is 5.02 Å². The Morgan fingerprint density at radius 1 is 1.53 bits per heavy atom. The van der Waals surface area contributed by atoms with Crippen LogP contribution in [-0.2, 0) is 6.54 Å². The third kappa shape index (κ3) is 1.86. The minimum Gasteiger partial charge on any atom is -0.325 e. The zero-order chi connectivity index (χ0) is 10.8. The Balaban J connectivity index is 2.53. The Morgan fingerprint density at radius 3 is 2.93 bits per heavy atom. The van der Waals surface area contributed by atoms with Crippen LogP contribution in [0.25, 0.3) is 5.69 Å². The van der Waals surface area contributed by atoms with Crippen molar-refractivity contribution in [3.8, 4) is 5.69 Å². The fourth-order valence-electron chi connectivity index (χ4n) is 1.36. The van der Waals surface area contributed by atoms with Crippen molar-refractivity contribution < 1.29 is 0 Å². The maximum atomic E-state index is 5.94. The van der Waals surface area contributed by atoms with Gasteiger partial charge in [0, 0.05) is 18.9 Å². The van der Waals surface area contributed by atoms with Gasteiger partial charge in [-0.1, -0.05) is 11.6 Å². The molecule has 0 unspecified atom stereocenters. The fourth-order valence-corrected chi connectivity index (χ4v) is 1.49. The van der Waals surface area contributed by atoms with E-state index in [1.165, 1.54) is 0 Å². The van der Waals surface area contributed by atoms with E-state index < -0.39 is 0 Å². The summed E-state index contributed by atoms with van der Waals surface area (Å²) in [5, 5.41) is 4.92. The summed E-state index contributed by atoms with van der Waals surface area (Å²) in [7, 11) is 0. The lowest BCUT2D eigenvalue weighted by molar-refractivity contribution is 0.827. The van der Waals surface area contributed by atoms with Gasteiger partial charge in [-0.05, 0) is 19.1 Å². The van der Waals surface area contributed by atoms with Crippen molar-refractivity contribution in [2.75, 3.05) is 0 Å². The highest BCUT2D eigenvalue weighted by Crippen LogP contribution is 2.17. The van der Waals surface area contributed by atoms with E-state index in [-0.39, 0.29) is 0 Å². The van der Waals surface area contributed by atoms with Crippen molar-refractivity contribution in [1.82, 2.24) is 14.8 Å². The van der Waals surface area contributed by atoms with Crippen LogP contribution >= 0.6 is 11.6 Å². The summed E-state index contributed by atoms with van der Waals surface area (Å²) < 4.78 is 1.70. The minimum atomic E-state index is 0.382. The third-order valence-corrected chi connectivity index (χ3v) is 2.52. The molecule has 0 saturated heterocycles. The molecule has 0 aromatic carbocycles.